The molecule has 1 aliphatic heterocycles. The van der Waals surface area contributed by atoms with Crippen molar-refractivity contribution in [3.63, 3.8) is 0 Å². The maximum absolute atomic E-state index is 8.80. The van der Waals surface area contributed by atoms with E-state index >= 15 is 0 Å². The lowest BCUT2D eigenvalue weighted by molar-refractivity contribution is 0.523. The third-order valence-corrected chi connectivity index (χ3v) is 1.32. The predicted molar refractivity (Wildman–Crippen MR) is 32.3 cm³/mol. The maximum Gasteiger partial charge on any atom is 0.214 e. The van der Waals surface area contributed by atoms with E-state index in [4.69, 9.17) is 5.11 Å². The summed E-state index contributed by atoms with van der Waals surface area (Å²) in [6.45, 7) is 3.71. The Morgan fingerprint density at radius 3 is 2.25 bits per heavy atom. The summed E-state index contributed by atoms with van der Waals surface area (Å²) in [5.74, 6) is 0.164. The smallest absolute Gasteiger partial charge is 0.214 e. The average Bonchev–Trinajstić information content (AvgIpc) is 1.98. The standard InChI is InChI=1S/C5H8N2O/c1-3-4(2)6-7-5(3)8/h3H,1-2H3,(H,7,8). The molecule has 44 valence electrons. The first-order valence-electron chi connectivity index (χ1n) is 2.53. The highest BCUT2D eigenvalue weighted by Gasteiger charge is 2.16. The van der Waals surface area contributed by atoms with Gasteiger partial charge in [-0.25, -0.2) is 0 Å². The van der Waals surface area contributed by atoms with Gasteiger partial charge in [0.25, 0.3) is 0 Å². The molecule has 0 saturated heterocycles. The molecule has 1 heterocycles. The summed E-state index contributed by atoms with van der Waals surface area (Å²) in [5, 5.41) is 15.9. The van der Waals surface area contributed by atoms with E-state index in [9.17, 15) is 0 Å². The van der Waals surface area contributed by atoms with Crippen LogP contribution in [0.2, 0.25) is 0 Å². The van der Waals surface area contributed by atoms with Gasteiger partial charge in [-0.15, -0.1) is 5.10 Å². The van der Waals surface area contributed by atoms with Crippen molar-refractivity contribution in [2.75, 3.05) is 0 Å². The molecule has 0 saturated carbocycles. The van der Waals surface area contributed by atoms with E-state index in [1.54, 1.807) is 0 Å². The fourth-order valence-electron chi connectivity index (χ4n) is 0.490. The third kappa shape index (κ3) is 0.598. The van der Waals surface area contributed by atoms with Crippen molar-refractivity contribution in [2.24, 2.45) is 16.1 Å². The van der Waals surface area contributed by atoms with Crippen LogP contribution in [-0.2, 0) is 0 Å². The lowest BCUT2D eigenvalue weighted by Gasteiger charge is -1.96. The van der Waals surface area contributed by atoms with E-state index in [0.717, 1.165) is 5.71 Å². The van der Waals surface area contributed by atoms with Gasteiger partial charge in [-0.1, -0.05) is 0 Å². The minimum atomic E-state index is 0.0370. The summed E-state index contributed by atoms with van der Waals surface area (Å²) in [6.07, 6.45) is 0. The highest BCUT2D eigenvalue weighted by molar-refractivity contribution is 6.04. The summed E-state index contributed by atoms with van der Waals surface area (Å²) < 4.78 is 0. The van der Waals surface area contributed by atoms with Gasteiger partial charge in [0.15, 0.2) is 0 Å². The molecule has 3 nitrogen and oxygen atoms in total. The summed E-state index contributed by atoms with van der Waals surface area (Å²) in [6, 6.07) is 0. The zero-order chi connectivity index (χ0) is 6.15. The first-order chi connectivity index (χ1) is 3.72. The largest absolute Gasteiger partial charge is 0.495 e. The van der Waals surface area contributed by atoms with E-state index in [-0.39, 0.29) is 11.8 Å². The molecule has 1 aliphatic rings. The second-order valence-electron chi connectivity index (χ2n) is 1.92. The SMILES string of the molecule is CC1=NN=C(O)C1C. The Hall–Kier alpha value is -0.860. The fourth-order valence-corrected chi connectivity index (χ4v) is 0.490. The van der Waals surface area contributed by atoms with Crippen LogP contribution in [0.25, 0.3) is 0 Å². The first-order valence-corrected chi connectivity index (χ1v) is 2.53. The van der Waals surface area contributed by atoms with E-state index in [2.05, 4.69) is 10.2 Å². The molecule has 0 aromatic carbocycles. The highest BCUT2D eigenvalue weighted by Crippen LogP contribution is 2.07. The van der Waals surface area contributed by atoms with Gasteiger partial charge >= 0.3 is 0 Å². The lowest BCUT2D eigenvalue weighted by atomic mass is 10.1. The second-order valence-corrected chi connectivity index (χ2v) is 1.92. The Balaban J connectivity index is 2.75. The minimum Gasteiger partial charge on any atom is -0.495 e. The Kier molecular flexibility index (Phi) is 1.04. The number of hydrogen-bond acceptors (Lipinski definition) is 2. The van der Waals surface area contributed by atoms with Crippen LogP contribution < -0.4 is 0 Å². The predicted octanol–water partition coefficient (Wildman–Crippen LogP) is 0.969. The van der Waals surface area contributed by atoms with Crippen molar-refractivity contribution in [3.05, 3.63) is 0 Å². The van der Waals surface area contributed by atoms with Crippen molar-refractivity contribution in [1.29, 1.82) is 0 Å². The Bertz CT molecular complexity index is 142. The van der Waals surface area contributed by atoms with Crippen molar-refractivity contribution in [2.45, 2.75) is 13.8 Å². The van der Waals surface area contributed by atoms with Crippen LogP contribution in [0.1, 0.15) is 13.8 Å². The zero-order valence-corrected chi connectivity index (χ0v) is 4.92. The molecular weight excluding hydrogens is 104 g/mol. The van der Waals surface area contributed by atoms with Crippen LogP contribution in [0.3, 0.4) is 0 Å². The molecule has 1 N–H and O–H groups in total. The summed E-state index contributed by atoms with van der Waals surface area (Å²) in [5.41, 5.74) is 0.877. The van der Waals surface area contributed by atoms with Gasteiger partial charge in [-0.3, -0.25) is 0 Å². The van der Waals surface area contributed by atoms with Crippen LogP contribution in [0.4, 0.5) is 0 Å². The van der Waals surface area contributed by atoms with Gasteiger partial charge in [0.2, 0.25) is 5.90 Å². The second kappa shape index (κ2) is 1.58. The zero-order valence-electron chi connectivity index (χ0n) is 4.92. The van der Waals surface area contributed by atoms with Gasteiger partial charge < -0.3 is 5.11 Å². The quantitative estimate of drug-likeness (QED) is 0.498. The molecule has 0 fully saturated rings. The van der Waals surface area contributed by atoms with E-state index in [0.29, 0.717) is 0 Å². The number of hydrogen-bond donors (Lipinski definition) is 1. The van der Waals surface area contributed by atoms with E-state index in [1.165, 1.54) is 0 Å². The van der Waals surface area contributed by atoms with Gasteiger partial charge in [0.1, 0.15) is 0 Å². The molecule has 0 bridgehead atoms. The highest BCUT2D eigenvalue weighted by atomic mass is 16.3. The van der Waals surface area contributed by atoms with Crippen LogP contribution in [0.5, 0.6) is 0 Å². The summed E-state index contributed by atoms with van der Waals surface area (Å²) in [4.78, 5) is 0. The summed E-state index contributed by atoms with van der Waals surface area (Å²) in [7, 11) is 0. The third-order valence-electron chi connectivity index (χ3n) is 1.32. The van der Waals surface area contributed by atoms with Crippen LogP contribution in [0, 0.1) is 5.92 Å². The average molecular weight is 112 g/mol. The molecule has 8 heavy (non-hydrogen) atoms. The van der Waals surface area contributed by atoms with E-state index in [1.807, 2.05) is 13.8 Å². The Morgan fingerprint density at radius 2 is 2.12 bits per heavy atom. The molecule has 1 atom stereocenters. The van der Waals surface area contributed by atoms with Crippen LogP contribution >= 0.6 is 0 Å². The number of aliphatic hydroxyl groups is 1. The number of nitrogens with zero attached hydrogens (tertiary/aromatic N) is 2. The van der Waals surface area contributed by atoms with Gasteiger partial charge in [0.05, 0.1) is 5.92 Å². The minimum absolute atomic E-state index is 0.0370. The maximum atomic E-state index is 8.80. The molecule has 3 heteroatoms. The monoisotopic (exact) mass is 112 g/mol. The van der Waals surface area contributed by atoms with Gasteiger partial charge in [-0.05, 0) is 13.8 Å². The van der Waals surface area contributed by atoms with Crippen molar-refractivity contribution < 1.29 is 5.11 Å². The summed E-state index contributed by atoms with van der Waals surface area (Å²) >= 11 is 0. The Labute approximate surface area is 47.7 Å². The van der Waals surface area contributed by atoms with E-state index < -0.39 is 0 Å². The normalized spacial score (nSPS) is 27.5. The Morgan fingerprint density at radius 1 is 1.50 bits per heavy atom. The van der Waals surface area contributed by atoms with Crippen molar-refractivity contribution in [3.8, 4) is 0 Å². The molecule has 0 aromatic rings. The molecule has 1 unspecified atom stereocenters. The molecule has 0 radical (unpaired) electrons. The fraction of sp³-hybridized carbons (Fsp3) is 0.600. The van der Waals surface area contributed by atoms with Crippen LogP contribution in [0.15, 0.2) is 10.2 Å². The lowest BCUT2D eigenvalue weighted by Crippen LogP contribution is -2.12. The molecule has 0 aromatic heterocycles. The first kappa shape index (κ1) is 5.28. The van der Waals surface area contributed by atoms with Gasteiger partial charge in [0, 0.05) is 5.71 Å². The number of aliphatic hydroxyl groups excluding tert-OH is 1. The number of rotatable bonds is 0. The molecule has 0 amide bonds. The topological polar surface area (TPSA) is 45.0 Å². The molecular formula is C5H8N2O. The van der Waals surface area contributed by atoms with Crippen molar-refractivity contribution in [1.82, 2.24) is 0 Å². The van der Waals surface area contributed by atoms with Crippen molar-refractivity contribution >= 4 is 11.6 Å². The van der Waals surface area contributed by atoms with Crippen LogP contribution in [-0.4, -0.2) is 16.7 Å². The molecule has 0 spiro atoms. The molecule has 1 rings (SSSR count). The molecule has 0 aliphatic carbocycles. The van der Waals surface area contributed by atoms with Gasteiger partial charge in [-0.2, -0.15) is 5.10 Å².